The van der Waals surface area contributed by atoms with Gasteiger partial charge in [-0.15, -0.1) is 0 Å². The molecule has 0 aliphatic carbocycles. The lowest BCUT2D eigenvalue weighted by atomic mass is 10.2. The Morgan fingerprint density at radius 2 is 1.41 bits per heavy atom. The third-order valence-electron chi connectivity index (χ3n) is 2.11. The van der Waals surface area contributed by atoms with Gasteiger partial charge in [0.2, 0.25) is 0 Å². The lowest BCUT2D eigenvalue weighted by molar-refractivity contribution is 0.752. The zero-order chi connectivity index (χ0) is 13.4. The van der Waals surface area contributed by atoms with E-state index < -0.39 is 0 Å². The largest absolute Gasteiger partial charge is 0.310 e. The Labute approximate surface area is 104 Å². The first kappa shape index (κ1) is 15.7. The van der Waals surface area contributed by atoms with Gasteiger partial charge in [-0.25, -0.2) is 0 Å². The molecule has 0 spiro atoms. The molecule has 0 aliphatic rings. The Morgan fingerprint density at radius 1 is 0.941 bits per heavy atom. The molecule has 96 valence electrons. The third-order valence-corrected chi connectivity index (χ3v) is 2.11. The highest BCUT2D eigenvalue weighted by molar-refractivity contribution is 6.01. The molecule has 0 saturated heterocycles. The minimum atomic E-state index is 0.148. The van der Waals surface area contributed by atoms with Crippen molar-refractivity contribution in [3.05, 3.63) is 0 Å². The van der Waals surface area contributed by atoms with Crippen molar-refractivity contribution in [2.24, 2.45) is 9.98 Å². The molecular formula is C13H24N4. The molecule has 0 bridgehead atoms. The maximum atomic E-state index is 7.38. The third kappa shape index (κ3) is 9.60. The fourth-order valence-electron chi connectivity index (χ4n) is 1.57. The molecule has 1 unspecified atom stereocenters. The van der Waals surface area contributed by atoms with Crippen molar-refractivity contribution in [1.82, 2.24) is 0 Å². The van der Waals surface area contributed by atoms with Crippen molar-refractivity contribution in [2.75, 3.05) is 6.54 Å². The van der Waals surface area contributed by atoms with Crippen LogP contribution in [0.4, 0.5) is 0 Å². The zero-order valence-electron chi connectivity index (χ0n) is 11.6. The van der Waals surface area contributed by atoms with Crippen LogP contribution in [0.25, 0.3) is 0 Å². The first-order valence-corrected chi connectivity index (χ1v) is 5.92. The second-order valence-electron chi connectivity index (χ2n) is 4.70. The van der Waals surface area contributed by atoms with Gasteiger partial charge in [0.05, 0.1) is 12.6 Å². The predicted octanol–water partition coefficient (Wildman–Crippen LogP) is 3.16. The van der Waals surface area contributed by atoms with Gasteiger partial charge in [-0.1, -0.05) is 0 Å². The van der Waals surface area contributed by atoms with Crippen LogP contribution >= 0.6 is 0 Å². The summed E-state index contributed by atoms with van der Waals surface area (Å²) in [4.78, 5) is 8.89. The summed E-state index contributed by atoms with van der Waals surface area (Å²) in [7, 11) is 0. The van der Waals surface area contributed by atoms with E-state index in [9.17, 15) is 0 Å². The molecule has 0 radical (unpaired) electrons. The molecule has 0 fully saturated rings. The Hall–Kier alpha value is -1.32. The molecule has 0 aromatic heterocycles. The van der Waals surface area contributed by atoms with Crippen LogP contribution in [0.15, 0.2) is 9.98 Å². The van der Waals surface area contributed by atoms with Gasteiger partial charge < -0.3 is 10.8 Å². The average molecular weight is 236 g/mol. The van der Waals surface area contributed by atoms with Crippen molar-refractivity contribution < 1.29 is 0 Å². The molecule has 1 atom stereocenters. The molecule has 0 aliphatic heterocycles. The van der Waals surface area contributed by atoms with E-state index in [1.54, 1.807) is 13.8 Å². The normalized spacial score (nSPS) is 14.6. The quantitative estimate of drug-likeness (QED) is 0.637. The minimum Gasteiger partial charge on any atom is -0.310 e. The van der Waals surface area contributed by atoms with Gasteiger partial charge in [0.25, 0.3) is 0 Å². The smallest absolute Gasteiger partial charge is 0.0665 e. The van der Waals surface area contributed by atoms with E-state index in [2.05, 4.69) is 9.98 Å². The number of aliphatic imine (C=N–C) groups is 2. The summed E-state index contributed by atoms with van der Waals surface area (Å²) < 4.78 is 0. The minimum absolute atomic E-state index is 0.148. The van der Waals surface area contributed by atoms with Crippen LogP contribution in [0, 0.1) is 10.8 Å². The highest BCUT2D eigenvalue weighted by atomic mass is 14.9. The van der Waals surface area contributed by atoms with Crippen LogP contribution in [0.1, 0.15) is 47.5 Å². The van der Waals surface area contributed by atoms with Gasteiger partial charge in [-0.3, -0.25) is 9.98 Å². The van der Waals surface area contributed by atoms with Gasteiger partial charge >= 0.3 is 0 Å². The van der Waals surface area contributed by atoms with E-state index in [1.807, 2.05) is 20.8 Å². The van der Waals surface area contributed by atoms with Crippen LogP contribution in [0.3, 0.4) is 0 Å². The Balaban J connectivity index is 4.22. The van der Waals surface area contributed by atoms with Gasteiger partial charge in [-0.2, -0.15) is 0 Å². The highest BCUT2D eigenvalue weighted by Gasteiger charge is 2.01. The van der Waals surface area contributed by atoms with E-state index in [0.717, 1.165) is 11.4 Å². The number of rotatable bonds is 7. The first-order chi connectivity index (χ1) is 7.81. The van der Waals surface area contributed by atoms with Crippen molar-refractivity contribution in [1.29, 1.82) is 10.8 Å². The summed E-state index contributed by atoms with van der Waals surface area (Å²) in [5.74, 6) is 0. The number of hydrogen-bond donors (Lipinski definition) is 2. The van der Waals surface area contributed by atoms with Crippen molar-refractivity contribution in [2.45, 2.75) is 53.5 Å². The summed E-state index contributed by atoms with van der Waals surface area (Å²) >= 11 is 0. The second-order valence-corrected chi connectivity index (χ2v) is 4.70. The maximum Gasteiger partial charge on any atom is 0.0665 e. The first-order valence-electron chi connectivity index (χ1n) is 5.92. The molecule has 4 nitrogen and oxygen atoms in total. The SMILES string of the molecule is CC(=N)CC(C)=NCC(C)N=C(C)CC(C)=N. The molecule has 0 rings (SSSR count). The van der Waals surface area contributed by atoms with E-state index >= 15 is 0 Å². The second kappa shape index (κ2) is 7.87. The Bertz CT molecular complexity index is 339. The number of nitrogens with one attached hydrogen (secondary N) is 2. The molecule has 0 heterocycles. The van der Waals surface area contributed by atoms with Crippen LogP contribution in [0.2, 0.25) is 0 Å². The fraction of sp³-hybridized carbons (Fsp3) is 0.692. The summed E-state index contributed by atoms with van der Waals surface area (Å²) in [6.45, 7) is 10.2. The molecule has 0 amide bonds. The summed E-state index contributed by atoms with van der Waals surface area (Å²) in [5.41, 5.74) is 3.25. The molecule has 0 saturated carbocycles. The lowest BCUT2D eigenvalue weighted by Crippen LogP contribution is -2.10. The molecule has 0 aromatic rings. The zero-order valence-corrected chi connectivity index (χ0v) is 11.6. The maximum absolute atomic E-state index is 7.38. The number of nitrogens with zero attached hydrogens (tertiary/aromatic N) is 2. The molecule has 2 N–H and O–H groups in total. The summed E-state index contributed by atoms with van der Waals surface area (Å²) in [6, 6.07) is 0.148. The van der Waals surface area contributed by atoms with E-state index in [1.165, 1.54) is 0 Å². The molecule has 17 heavy (non-hydrogen) atoms. The van der Waals surface area contributed by atoms with E-state index in [4.69, 9.17) is 10.8 Å². The van der Waals surface area contributed by atoms with Crippen LogP contribution in [-0.4, -0.2) is 35.4 Å². The Morgan fingerprint density at radius 3 is 1.88 bits per heavy atom. The molecular weight excluding hydrogens is 212 g/mol. The summed E-state index contributed by atoms with van der Waals surface area (Å²) in [5, 5.41) is 14.8. The highest BCUT2D eigenvalue weighted by Crippen LogP contribution is 1.98. The van der Waals surface area contributed by atoms with Gasteiger partial charge in [0.15, 0.2) is 0 Å². The average Bonchev–Trinajstić information content (AvgIpc) is 2.12. The van der Waals surface area contributed by atoms with Crippen LogP contribution in [0.5, 0.6) is 0 Å². The van der Waals surface area contributed by atoms with E-state index in [0.29, 0.717) is 30.8 Å². The van der Waals surface area contributed by atoms with Gasteiger partial charge in [0, 0.05) is 35.7 Å². The van der Waals surface area contributed by atoms with E-state index in [-0.39, 0.29) is 6.04 Å². The predicted molar refractivity (Wildman–Crippen MR) is 76.6 cm³/mol. The molecule has 4 heteroatoms. The van der Waals surface area contributed by atoms with Gasteiger partial charge in [0.1, 0.15) is 0 Å². The Kier molecular flexibility index (Phi) is 7.26. The number of hydrogen-bond acceptors (Lipinski definition) is 4. The van der Waals surface area contributed by atoms with Crippen molar-refractivity contribution >= 4 is 22.8 Å². The van der Waals surface area contributed by atoms with Gasteiger partial charge in [-0.05, 0) is 34.6 Å². The lowest BCUT2D eigenvalue weighted by Gasteiger charge is -2.06. The van der Waals surface area contributed by atoms with Crippen molar-refractivity contribution in [3.8, 4) is 0 Å². The summed E-state index contributed by atoms with van der Waals surface area (Å²) in [6.07, 6.45) is 1.29. The monoisotopic (exact) mass is 236 g/mol. The molecule has 0 aromatic carbocycles. The van der Waals surface area contributed by atoms with Crippen LogP contribution in [-0.2, 0) is 0 Å². The fourth-order valence-corrected chi connectivity index (χ4v) is 1.57. The van der Waals surface area contributed by atoms with Crippen LogP contribution < -0.4 is 0 Å². The van der Waals surface area contributed by atoms with Crippen molar-refractivity contribution in [3.63, 3.8) is 0 Å². The topological polar surface area (TPSA) is 72.4 Å². The standard InChI is InChI=1S/C13H24N4/c1-9(14)6-11(3)16-8-13(5)17-12(4)7-10(2)15/h13-15H,6-8H2,1-5H3.